The van der Waals surface area contributed by atoms with E-state index in [9.17, 15) is 19.5 Å². The summed E-state index contributed by atoms with van der Waals surface area (Å²) in [7, 11) is 1.67. The molecule has 41 heavy (non-hydrogen) atoms. The summed E-state index contributed by atoms with van der Waals surface area (Å²) in [5, 5.41) is 12.2. The van der Waals surface area contributed by atoms with Crippen LogP contribution < -0.4 is 10.2 Å². The standard InChI is InChI=1S/C32H35N3O6/c1-40-17-5-14-34-15-16-35(30(36)20-34)25-12-10-22(11-13-25)18-29(31(37)38)33-32(39)41-21-24-7-4-9-27-26-8-3-2-6-23(26)19-28(24)27/h2-4,6-13,29H,5,14-21H2,1H3,(H,33,39)(H,37,38)/t29-/m0/s1. The molecule has 0 spiro atoms. The van der Waals surface area contributed by atoms with Gasteiger partial charge in [-0.15, -0.1) is 0 Å². The second-order valence-electron chi connectivity index (χ2n) is 10.4. The first-order chi connectivity index (χ1) is 19.9. The maximum absolute atomic E-state index is 12.7. The molecule has 1 aliphatic carbocycles. The average molecular weight is 558 g/mol. The van der Waals surface area contributed by atoms with Crippen molar-refractivity contribution in [1.29, 1.82) is 0 Å². The lowest BCUT2D eigenvalue weighted by Crippen LogP contribution is -2.50. The third-order valence-electron chi connectivity index (χ3n) is 7.71. The molecule has 1 fully saturated rings. The Labute approximate surface area is 239 Å². The zero-order valence-electron chi connectivity index (χ0n) is 23.2. The van der Waals surface area contributed by atoms with E-state index in [1.807, 2.05) is 36.4 Å². The number of hydrogen-bond acceptors (Lipinski definition) is 6. The molecule has 1 atom stereocenters. The predicted octanol–water partition coefficient (Wildman–Crippen LogP) is 3.87. The Kier molecular flexibility index (Phi) is 8.96. The van der Waals surface area contributed by atoms with Gasteiger partial charge in [-0.1, -0.05) is 54.6 Å². The highest BCUT2D eigenvalue weighted by Crippen LogP contribution is 2.38. The number of piperazine rings is 1. The molecule has 1 saturated heterocycles. The van der Waals surface area contributed by atoms with E-state index in [1.165, 1.54) is 11.1 Å². The largest absolute Gasteiger partial charge is 0.480 e. The number of carboxylic acids is 1. The second-order valence-corrected chi connectivity index (χ2v) is 10.4. The van der Waals surface area contributed by atoms with Crippen LogP contribution in [0, 0.1) is 0 Å². The minimum Gasteiger partial charge on any atom is -0.480 e. The molecule has 3 aromatic carbocycles. The van der Waals surface area contributed by atoms with Crippen LogP contribution in [0.2, 0.25) is 0 Å². The summed E-state index contributed by atoms with van der Waals surface area (Å²) in [6.45, 7) is 3.27. The van der Waals surface area contributed by atoms with Crippen LogP contribution in [0.1, 0.15) is 28.7 Å². The Bertz CT molecular complexity index is 1410. The van der Waals surface area contributed by atoms with Crippen LogP contribution in [0.5, 0.6) is 0 Å². The van der Waals surface area contributed by atoms with Crippen LogP contribution in [0.25, 0.3) is 11.1 Å². The van der Waals surface area contributed by atoms with Crippen molar-refractivity contribution in [2.75, 3.05) is 44.8 Å². The minimum absolute atomic E-state index is 0.0298. The van der Waals surface area contributed by atoms with Gasteiger partial charge in [0.25, 0.3) is 0 Å². The number of carbonyl (C=O) groups is 3. The van der Waals surface area contributed by atoms with Crippen molar-refractivity contribution >= 4 is 23.7 Å². The van der Waals surface area contributed by atoms with E-state index in [2.05, 4.69) is 28.4 Å². The molecule has 2 amide bonds. The first-order valence-electron chi connectivity index (χ1n) is 13.9. The van der Waals surface area contributed by atoms with Gasteiger partial charge in [0.2, 0.25) is 5.91 Å². The Morgan fingerprint density at radius 2 is 1.78 bits per heavy atom. The number of benzene rings is 3. The number of carboxylic acid groups (broad SMARTS) is 1. The van der Waals surface area contributed by atoms with Gasteiger partial charge in [-0.05, 0) is 58.4 Å². The number of fused-ring (bicyclic) bond motifs is 3. The lowest BCUT2D eigenvalue weighted by atomic mass is 10.0. The molecule has 2 aliphatic rings. The summed E-state index contributed by atoms with van der Waals surface area (Å²) in [5.74, 6) is -1.12. The molecule has 2 N–H and O–H groups in total. The number of anilines is 1. The highest BCUT2D eigenvalue weighted by Gasteiger charge is 2.26. The number of methoxy groups -OCH3 is 1. The summed E-state index contributed by atoms with van der Waals surface area (Å²) in [6, 6.07) is 20.2. The molecular weight excluding hydrogens is 522 g/mol. The molecule has 1 heterocycles. The second kappa shape index (κ2) is 13.0. The van der Waals surface area contributed by atoms with Gasteiger partial charge in [0.1, 0.15) is 12.6 Å². The topological polar surface area (TPSA) is 108 Å². The van der Waals surface area contributed by atoms with Crippen LogP contribution >= 0.6 is 0 Å². The van der Waals surface area contributed by atoms with Crippen molar-refractivity contribution in [2.24, 2.45) is 0 Å². The quantitative estimate of drug-likeness (QED) is 0.270. The van der Waals surface area contributed by atoms with Crippen molar-refractivity contribution in [3.63, 3.8) is 0 Å². The zero-order valence-corrected chi connectivity index (χ0v) is 23.2. The van der Waals surface area contributed by atoms with E-state index in [4.69, 9.17) is 9.47 Å². The molecule has 1 aliphatic heterocycles. The Morgan fingerprint density at radius 1 is 1.00 bits per heavy atom. The van der Waals surface area contributed by atoms with E-state index >= 15 is 0 Å². The minimum atomic E-state index is -1.16. The Morgan fingerprint density at radius 3 is 2.54 bits per heavy atom. The molecule has 3 aromatic rings. The number of alkyl carbamates (subject to hydrolysis) is 1. The fourth-order valence-corrected chi connectivity index (χ4v) is 5.55. The molecule has 214 valence electrons. The van der Waals surface area contributed by atoms with Gasteiger partial charge >= 0.3 is 12.1 Å². The number of hydrogen-bond donors (Lipinski definition) is 2. The molecule has 0 aromatic heterocycles. The highest BCUT2D eigenvalue weighted by molar-refractivity contribution is 5.95. The Hall–Kier alpha value is -4.21. The normalized spacial score (nSPS) is 15.2. The predicted molar refractivity (Wildman–Crippen MR) is 155 cm³/mol. The Balaban J connectivity index is 1.14. The van der Waals surface area contributed by atoms with E-state index < -0.39 is 18.1 Å². The van der Waals surface area contributed by atoms with Gasteiger partial charge in [0.05, 0.1) is 6.54 Å². The summed E-state index contributed by atoms with van der Waals surface area (Å²) in [4.78, 5) is 41.1. The molecule has 0 saturated carbocycles. The smallest absolute Gasteiger partial charge is 0.408 e. The summed E-state index contributed by atoms with van der Waals surface area (Å²) in [5.41, 5.74) is 7.10. The van der Waals surface area contributed by atoms with Gasteiger partial charge in [-0.2, -0.15) is 0 Å². The third-order valence-corrected chi connectivity index (χ3v) is 7.71. The molecule has 9 nitrogen and oxygen atoms in total. The van der Waals surface area contributed by atoms with Gasteiger partial charge < -0.3 is 24.8 Å². The van der Waals surface area contributed by atoms with Crippen LogP contribution in [0.15, 0.2) is 66.7 Å². The molecule has 9 heteroatoms. The lowest BCUT2D eigenvalue weighted by molar-refractivity contribution is -0.139. The third kappa shape index (κ3) is 6.75. The van der Waals surface area contributed by atoms with Crippen molar-refractivity contribution in [3.05, 3.63) is 89.0 Å². The first kappa shape index (κ1) is 28.3. The molecule has 0 unspecified atom stereocenters. The van der Waals surface area contributed by atoms with E-state index in [0.29, 0.717) is 19.7 Å². The number of aliphatic carboxylic acids is 1. The number of ether oxygens (including phenoxy) is 2. The van der Waals surface area contributed by atoms with Crippen LogP contribution in [0.4, 0.5) is 10.5 Å². The van der Waals surface area contributed by atoms with Crippen molar-refractivity contribution in [2.45, 2.75) is 31.9 Å². The van der Waals surface area contributed by atoms with Gasteiger partial charge in [0.15, 0.2) is 0 Å². The number of rotatable bonds is 11. The van der Waals surface area contributed by atoms with Gasteiger partial charge in [-0.3, -0.25) is 9.69 Å². The van der Waals surface area contributed by atoms with Crippen molar-refractivity contribution in [1.82, 2.24) is 10.2 Å². The maximum Gasteiger partial charge on any atom is 0.408 e. The maximum atomic E-state index is 12.7. The summed E-state index contributed by atoms with van der Waals surface area (Å²) in [6.07, 6.45) is 0.961. The first-order valence-corrected chi connectivity index (χ1v) is 13.9. The van der Waals surface area contributed by atoms with E-state index in [-0.39, 0.29) is 18.9 Å². The van der Waals surface area contributed by atoms with Gasteiger partial charge in [-0.25, -0.2) is 9.59 Å². The van der Waals surface area contributed by atoms with E-state index in [1.54, 1.807) is 24.1 Å². The molecule has 0 radical (unpaired) electrons. The number of nitrogens with zero attached hydrogens (tertiary/aromatic N) is 2. The SMILES string of the molecule is COCCCN1CCN(c2ccc(C[C@H](NC(=O)OCc3cccc4c3Cc3ccccc3-4)C(=O)O)cc2)C(=O)C1. The number of nitrogens with one attached hydrogen (secondary N) is 1. The van der Waals surface area contributed by atoms with Crippen molar-refractivity contribution in [3.8, 4) is 11.1 Å². The van der Waals surface area contributed by atoms with Crippen LogP contribution in [-0.4, -0.2) is 73.9 Å². The monoisotopic (exact) mass is 557 g/mol. The zero-order chi connectivity index (χ0) is 28.8. The molecule has 0 bridgehead atoms. The average Bonchev–Trinajstić information content (AvgIpc) is 3.36. The highest BCUT2D eigenvalue weighted by atomic mass is 16.5. The lowest BCUT2D eigenvalue weighted by Gasteiger charge is -2.34. The fraction of sp³-hybridized carbons (Fsp3) is 0.344. The summed E-state index contributed by atoms with van der Waals surface area (Å²) < 4.78 is 10.5. The molecular formula is C32H35N3O6. The van der Waals surface area contributed by atoms with Crippen LogP contribution in [-0.2, 0) is 38.5 Å². The van der Waals surface area contributed by atoms with Crippen molar-refractivity contribution < 1.29 is 29.0 Å². The summed E-state index contributed by atoms with van der Waals surface area (Å²) >= 11 is 0. The van der Waals surface area contributed by atoms with Crippen LogP contribution in [0.3, 0.4) is 0 Å². The van der Waals surface area contributed by atoms with Gasteiger partial charge in [0, 0.05) is 45.5 Å². The number of amides is 2. The molecule has 5 rings (SSSR count). The fourth-order valence-electron chi connectivity index (χ4n) is 5.55. The number of carbonyl (C=O) groups excluding carboxylic acids is 2. The van der Waals surface area contributed by atoms with E-state index in [0.717, 1.165) is 53.9 Å².